The third kappa shape index (κ3) is 4.82. The van der Waals surface area contributed by atoms with Crippen molar-refractivity contribution in [1.82, 2.24) is 10.3 Å². The van der Waals surface area contributed by atoms with Crippen LogP contribution in [0.2, 0.25) is 0 Å². The summed E-state index contributed by atoms with van der Waals surface area (Å²) in [5, 5.41) is 15.4. The van der Waals surface area contributed by atoms with Gasteiger partial charge in [-0.05, 0) is 18.4 Å². The summed E-state index contributed by atoms with van der Waals surface area (Å²) in [4.78, 5) is 17.5. The van der Waals surface area contributed by atoms with Crippen LogP contribution in [0.15, 0.2) is 36.5 Å². The van der Waals surface area contributed by atoms with Crippen molar-refractivity contribution >= 4 is 22.5 Å². The molecule has 5 nitrogen and oxygen atoms in total. The van der Waals surface area contributed by atoms with E-state index in [0.717, 1.165) is 23.3 Å². The molecule has 0 saturated heterocycles. The van der Waals surface area contributed by atoms with Gasteiger partial charge in [0.15, 0.2) is 5.13 Å². The fourth-order valence-corrected chi connectivity index (χ4v) is 3.06. The Morgan fingerprint density at radius 2 is 2.14 bits per heavy atom. The highest BCUT2D eigenvalue weighted by Crippen LogP contribution is 2.20. The number of aliphatic hydroxyl groups is 1. The standard InChI is InChI=1S/C16H21N3O2S/c1-2-6-13-11-17-16(22-13)19-15(21)18-14(9-10-20)12-7-4-3-5-8-12/h3-5,7-8,11,14,20H,2,6,9-10H2,1H3,(H2,17,18,19,21)/t14-/m1/s1. The van der Waals surface area contributed by atoms with Crippen LogP contribution >= 0.6 is 11.3 Å². The molecule has 1 aromatic carbocycles. The maximum absolute atomic E-state index is 12.1. The number of amides is 2. The first-order valence-corrected chi connectivity index (χ1v) is 8.22. The molecule has 3 N–H and O–H groups in total. The molecular formula is C16H21N3O2S. The number of rotatable bonds is 7. The van der Waals surface area contributed by atoms with Gasteiger partial charge in [-0.1, -0.05) is 43.7 Å². The average molecular weight is 319 g/mol. The lowest BCUT2D eigenvalue weighted by atomic mass is 10.0. The van der Waals surface area contributed by atoms with Crippen molar-refractivity contribution in [1.29, 1.82) is 0 Å². The number of thiazole rings is 1. The van der Waals surface area contributed by atoms with Gasteiger partial charge < -0.3 is 10.4 Å². The molecule has 0 fully saturated rings. The van der Waals surface area contributed by atoms with E-state index in [1.54, 1.807) is 6.20 Å². The maximum atomic E-state index is 12.1. The van der Waals surface area contributed by atoms with Crippen molar-refractivity contribution < 1.29 is 9.90 Å². The van der Waals surface area contributed by atoms with Crippen LogP contribution in [0.4, 0.5) is 9.93 Å². The molecule has 22 heavy (non-hydrogen) atoms. The molecule has 0 aliphatic heterocycles. The van der Waals surface area contributed by atoms with Crippen molar-refractivity contribution in [2.45, 2.75) is 32.2 Å². The Balaban J connectivity index is 1.95. The molecule has 1 heterocycles. The number of aliphatic hydroxyl groups excluding tert-OH is 1. The Morgan fingerprint density at radius 1 is 1.36 bits per heavy atom. The number of nitrogens with one attached hydrogen (secondary N) is 2. The van der Waals surface area contributed by atoms with Crippen LogP contribution in [0.5, 0.6) is 0 Å². The zero-order chi connectivity index (χ0) is 15.8. The minimum absolute atomic E-state index is 0.0116. The van der Waals surface area contributed by atoms with Gasteiger partial charge in [-0.25, -0.2) is 9.78 Å². The number of hydrogen-bond donors (Lipinski definition) is 3. The van der Waals surface area contributed by atoms with Gasteiger partial charge in [-0.2, -0.15) is 0 Å². The van der Waals surface area contributed by atoms with Gasteiger partial charge in [0.2, 0.25) is 0 Å². The number of hydrogen-bond acceptors (Lipinski definition) is 4. The van der Waals surface area contributed by atoms with E-state index in [-0.39, 0.29) is 18.7 Å². The summed E-state index contributed by atoms with van der Waals surface area (Å²) in [6.45, 7) is 2.12. The lowest BCUT2D eigenvalue weighted by molar-refractivity contribution is 0.239. The van der Waals surface area contributed by atoms with Crippen LogP contribution < -0.4 is 10.6 Å². The summed E-state index contributed by atoms with van der Waals surface area (Å²) in [5.74, 6) is 0. The molecule has 6 heteroatoms. The van der Waals surface area contributed by atoms with Gasteiger partial charge in [0.05, 0.1) is 6.04 Å². The summed E-state index contributed by atoms with van der Waals surface area (Å²) in [7, 11) is 0. The van der Waals surface area contributed by atoms with E-state index >= 15 is 0 Å². The zero-order valence-corrected chi connectivity index (χ0v) is 13.4. The van der Waals surface area contributed by atoms with Crippen LogP contribution in [0.3, 0.4) is 0 Å². The van der Waals surface area contributed by atoms with Crippen molar-refractivity contribution in [3.8, 4) is 0 Å². The monoisotopic (exact) mass is 319 g/mol. The highest BCUT2D eigenvalue weighted by molar-refractivity contribution is 7.15. The predicted molar refractivity (Wildman–Crippen MR) is 89.1 cm³/mol. The van der Waals surface area contributed by atoms with E-state index in [2.05, 4.69) is 22.5 Å². The number of aryl methyl sites for hydroxylation is 1. The summed E-state index contributed by atoms with van der Waals surface area (Å²) >= 11 is 1.49. The van der Waals surface area contributed by atoms with E-state index in [1.165, 1.54) is 11.3 Å². The quantitative estimate of drug-likeness (QED) is 0.733. The number of urea groups is 1. The highest BCUT2D eigenvalue weighted by atomic mass is 32.1. The van der Waals surface area contributed by atoms with Crippen molar-refractivity contribution in [3.63, 3.8) is 0 Å². The van der Waals surface area contributed by atoms with Crippen molar-refractivity contribution in [3.05, 3.63) is 47.0 Å². The second kappa shape index (κ2) is 8.51. The Morgan fingerprint density at radius 3 is 2.82 bits per heavy atom. The molecule has 2 amide bonds. The SMILES string of the molecule is CCCc1cnc(NC(=O)N[C@H](CCO)c2ccccc2)s1. The fourth-order valence-electron chi connectivity index (χ4n) is 2.16. The molecule has 2 aromatic rings. The van der Waals surface area contributed by atoms with Gasteiger partial charge in [-0.3, -0.25) is 5.32 Å². The number of benzene rings is 1. The van der Waals surface area contributed by atoms with E-state index in [4.69, 9.17) is 0 Å². The van der Waals surface area contributed by atoms with Gasteiger partial charge in [0, 0.05) is 17.7 Å². The Labute approximate surface area is 134 Å². The van der Waals surface area contributed by atoms with Gasteiger partial charge in [0.1, 0.15) is 0 Å². The highest BCUT2D eigenvalue weighted by Gasteiger charge is 2.14. The Kier molecular flexibility index (Phi) is 6.36. The summed E-state index contributed by atoms with van der Waals surface area (Å²) in [6.07, 6.45) is 4.29. The smallest absolute Gasteiger partial charge is 0.321 e. The third-order valence-electron chi connectivity index (χ3n) is 3.20. The van der Waals surface area contributed by atoms with Crippen LogP contribution in [0.25, 0.3) is 0 Å². The minimum atomic E-state index is -0.306. The number of anilines is 1. The molecular weight excluding hydrogens is 298 g/mol. The number of nitrogens with zero attached hydrogens (tertiary/aromatic N) is 1. The first-order chi connectivity index (χ1) is 10.7. The fraction of sp³-hybridized carbons (Fsp3) is 0.375. The summed E-state index contributed by atoms with van der Waals surface area (Å²) in [5.41, 5.74) is 0.970. The lowest BCUT2D eigenvalue weighted by Crippen LogP contribution is -2.33. The molecule has 2 rings (SSSR count). The summed E-state index contributed by atoms with van der Waals surface area (Å²) in [6, 6.07) is 9.09. The van der Waals surface area contributed by atoms with Crippen LogP contribution in [0.1, 0.15) is 36.2 Å². The molecule has 0 bridgehead atoms. The molecule has 0 aliphatic rings. The second-order valence-corrected chi connectivity index (χ2v) is 6.07. The normalized spacial score (nSPS) is 11.9. The Hall–Kier alpha value is -1.92. The van der Waals surface area contributed by atoms with E-state index in [0.29, 0.717) is 11.6 Å². The van der Waals surface area contributed by atoms with E-state index in [9.17, 15) is 9.90 Å². The number of carbonyl (C=O) groups excluding carboxylic acids is 1. The molecule has 118 valence electrons. The molecule has 0 radical (unpaired) electrons. The molecule has 1 aromatic heterocycles. The first kappa shape index (κ1) is 16.5. The molecule has 0 aliphatic carbocycles. The van der Waals surface area contributed by atoms with E-state index < -0.39 is 0 Å². The van der Waals surface area contributed by atoms with Crippen molar-refractivity contribution in [2.75, 3.05) is 11.9 Å². The molecule has 0 spiro atoms. The van der Waals surface area contributed by atoms with Crippen LogP contribution in [0, 0.1) is 0 Å². The van der Waals surface area contributed by atoms with Crippen LogP contribution in [-0.4, -0.2) is 22.7 Å². The molecule has 0 saturated carbocycles. The lowest BCUT2D eigenvalue weighted by Gasteiger charge is -2.18. The number of aromatic nitrogens is 1. The number of carbonyl (C=O) groups is 1. The predicted octanol–water partition coefficient (Wildman–Crippen LogP) is 3.34. The van der Waals surface area contributed by atoms with E-state index in [1.807, 2.05) is 30.3 Å². The average Bonchev–Trinajstić information content (AvgIpc) is 2.95. The second-order valence-electron chi connectivity index (χ2n) is 4.96. The largest absolute Gasteiger partial charge is 0.396 e. The molecule has 0 unspecified atom stereocenters. The maximum Gasteiger partial charge on any atom is 0.321 e. The van der Waals surface area contributed by atoms with Crippen LogP contribution in [-0.2, 0) is 6.42 Å². The minimum Gasteiger partial charge on any atom is -0.396 e. The third-order valence-corrected chi connectivity index (χ3v) is 4.17. The summed E-state index contributed by atoms with van der Waals surface area (Å²) < 4.78 is 0. The van der Waals surface area contributed by atoms with Crippen molar-refractivity contribution in [2.24, 2.45) is 0 Å². The zero-order valence-electron chi connectivity index (χ0n) is 12.6. The topological polar surface area (TPSA) is 74.2 Å². The molecule has 1 atom stereocenters. The Bertz CT molecular complexity index is 586. The van der Waals surface area contributed by atoms with Gasteiger partial charge >= 0.3 is 6.03 Å². The van der Waals surface area contributed by atoms with Gasteiger partial charge in [-0.15, -0.1) is 11.3 Å². The first-order valence-electron chi connectivity index (χ1n) is 7.41. The van der Waals surface area contributed by atoms with Gasteiger partial charge in [0.25, 0.3) is 0 Å².